The normalized spacial score (nSPS) is 14.4. The summed E-state index contributed by atoms with van der Waals surface area (Å²) in [7, 11) is 1.52. The molecule has 36 heavy (non-hydrogen) atoms. The van der Waals surface area contributed by atoms with Crippen molar-refractivity contribution in [2.75, 3.05) is 33.4 Å². The maximum absolute atomic E-state index is 14.6. The van der Waals surface area contributed by atoms with Gasteiger partial charge in [-0.05, 0) is 39.0 Å². The van der Waals surface area contributed by atoms with Gasteiger partial charge in [0.15, 0.2) is 11.6 Å². The third-order valence-electron chi connectivity index (χ3n) is 5.20. The summed E-state index contributed by atoms with van der Waals surface area (Å²) in [4.78, 5) is 37.2. The number of carbonyl (C=O) groups is 2. The molecule has 0 radical (unpaired) electrons. The van der Waals surface area contributed by atoms with Gasteiger partial charge >= 0.3 is 6.16 Å². The van der Waals surface area contributed by atoms with Gasteiger partial charge in [-0.15, -0.1) is 5.06 Å². The van der Waals surface area contributed by atoms with Crippen LogP contribution in [0.3, 0.4) is 0 Å². The fourth-order valence-electron chi connectivity index (χ4n) is 3.36. The van der Waals surface area contributed by atoms with Crippen molar-refractivity contribution < 1.29 is 37.8 Å². The molecular formula is C24H31FN4O7. The minimum Gasteiger partial charge on any atom is -0.474 e. The predicted molar refractivity (Wildman–Crippen MR) is 125 cm³/mol. The Bertz CT molecular complexity index is 1050. The highest BCUT2D eigenvalue weighted by Gasteiger charge is 2.25. The summed E-state index contributed by atoms with van der Waals surface area (Å²) >= 11 is 0. The van der Waals surface area contributed by atoms with Crippen LogP contribution in [0.2, 0.25) is 0 Å². The molecule has 11 nitrogen and oxygen atoms in total. The molecule has 1 amide bonds. The Labute approximate surface area is 208 Å². The zero-order chi connectivity index (χ0) is 26.1. The Balaban J connectivity index is 1.57. The maximum atomic E-state index is 14.6. The largest absolute Gasteiger partial charge is 0.528 e. The summed E-state index contributed by atoms with van der Waals surface area (Å²) < 4.78 is 36.2. The van der Waals surface area contributed by atoms with Gasteiger partial charge in [-0.2, -0.15) is 0 Å². The van der Waals surface area contributed by atoms with E-state index in [0.717, 1.165) is 6.07 Å². The monoisotopic (exact) mass is 506 g/mol. The topological polar surface area (TPSA) is 121 Å². The molecule has 1 saturated heterocycles. The van der Waals surface area contributed by atoms with Crippen molar-refractivity contribution in [1.29, 1.82) is 0 Å². The number of nitrogens with zero attached hydrogens (tertiary/aromatic N) is 3. The van der Waals surface area contributed by atoms with Gasteiger partial charge < -0.3 is 29.1 Å². The molecular weight excluding hydrogens is 475 g/mol. The molecule has 1 fully saturated rings. The van der Waals surface area contributed by atoms with Crippen LogP contribution >= 0.6 is 0 Å². The average molecular weight is 507 g/mol. The summed E-state index contributed by atoms with van der Waals surface area (Å²) in [6.45, 7) is 6.82. The highest BCUT2D eigenvalue weighted by atomic mass is 19.1. The van der Waals surface area contributed by atoms with Crippen LogP contribution in [0.15, 0.2) is 24.5 Å². The van der Waals surface area contributed by atoms with E-state index in [1.54, 1.807) is 20.8 Å². The Kier molecular flexibility index (Phi) is 9.77. The zero-order valence-corrected chi connectivity index (χ0v) is 20.8. The van der Waals surface area contributed by atoms with Crippen molar-refractivity contribution in [3.63, 3.8) is 0 Å². The minimum absolute atomic E-state index is 0.0880. The number of hydrogen-bond acceptors (Lipinski definition) is 10. The second-order valence-electron chi connectivity index (χ2n) is 8.36. The molecule has 0 spiro atoms. The van der Waals surface area contributed by atoms with E-state index < -0.39 is 17.9 Å². The van der Waals surface area contributed by atoms with Gasteiger partial charge in [0.05, 0.1) is 18.3 Å². The van der Waals surface area contributed by atoms with Crippen molar-refractivity contribution in [3.05, 3.63) is 41.5 Å². The van der Waals surface area contributed by atoms with Crippen LogP contribution in [0.5, 0.6) is 17.5 Å². The number of benzene rings is 1. The van der Waals surface area contributed by atoms with Crippen molar-refractivity contribution in [1.82, 2.24) is 20.3 Å². The molecule has 12 heteroatoms. The number of rotatable bonds is 10. The number of piperidine rings is 1. The fraction of sp³-hybridized carbons (Fsp3) is 0.500. The molecule has 2 aromatic rings. The van der Waals surface area contributed by atoms with E-state index >= 15 is 0 Å². The Hall–Kier alpha value is -3.51. The molecule has 3 rings (SSSR count). The first-order valence-electron chi connectivity index (χ1n) is 11.6. The van der Waals surface area contributed by atoms with Gasteiger partial charge in [0.25, 0.3) is 5.91 Å². The SMILES string of the molecule is COCCNC(=O)c1ccc(Oc2ncnc(OC3CCN(OC(=O)OC(C)C)CC3)c2C)c(F)c1. The number of nitrogens with one attached hydrogen (secondary N) is 1. The lowest BCUT2D eigenvalue weighted by Crippen LogP contribution is -2.40. The van der Waals surface area contributed by atoms with E-state index in [4.69, 9.17) is 23.8 Å². The number of aromatic nitrogens is 2. The second kappa shape index (κ2) is 13.0. The standard InChI is InChI=1S/C24H31FN4O7/c1-15(2)33-24(31)36-29-10-7-18(8-11-29)34-22-16(3)23(28-14-27-22)35-20-6-5-17(13-19(20)25)21(30)26-9-12-32-4/h5-6,13-15,18H,7-12H2,1-4H3,(H,26,30). The van der Waals surface area contributed by atoms with Gasteiger partial charge in [-0.25, -0.2) is 19.2 Å². The first-order valence-corrected chi connectivity index (χ1v) is 11.6. The minimum atomic E-state index is -0.732. The maximum Gasteiger partial charge on any atom is 0.528 e. The Morgan fingerprint density at radius 3 is 2.58 bits per heavy atom. The van der Waals surface area contributed by atoms with Gasteiger partial charge in [0, 0.05) is 45.1 Å². The number of amides is 1. The third-order valence-corrected chi connectivity index (χ3v) is 5.20. The third kappa shape index (κ3) is 7.75. The summed E-state index contributed by atoms with van der Waals surface area (Å²) in [6.07, 6.45) is 1.30. The first kappa shape index (κ1) is 27.1. The summed E-state index contributed by atoms with van der Waals surface area (Å²) in [5.74, 6) is -0.769. The molecule has 1 N–H and O–H groups in total. The summed E-state index contributed by atoms with van der Waals surface area (Å²) in [5.41, 5.74) is 0.657. The molecule has 1 aliphatic heterocycles. The molecule has 196 valence electrons. The lowest BCUT2D eigenvalue weighted by atomic mass is 10.1. The second-order valence-corrected chi connectivity index (χ2v) is 8.36. The van der Waals surface area contributed by atoms with Crippen molar-refractivity contribution >= 4 is 12.1 Å². The quantitative estimate of drug-likeness (QED) is 0.379. The van der Waals surface area contributed by atoms with Crippen LogP contribution < -0.4 is 14.8 Å². The van der Waals surface area contributed by atoms with Gasteiger partial charge in [-0.3, -0.25) is 4.79 Å². The zero-order valence-electron chi connectivity index (χ0n) is 20.8. The molecule has 0 bridgehead atoms. The van der Waals surface area contributed by atoms with Crippen LogP contribution in [-0.4, -0.2) is 72.7 Å². The fourth-order valence-corrected chi connectivity index (χ4v) is 3.36. The van der Waals surface area contributed by atoms with Crippen LogP contribution in [0, 0.1) is 12.7 Å². The van der Waals surface area contributed by atoms with Gasteiger partial charge in [-0.1, -0.05) is 0 Å². The van der Waals surface area contributed by atoms with Gasteiger partial charge in [0.2, 0.25) is 11.8 Å². The average Bonchev–Trinajstić information content (AvgIpc) is 2.83. The number of carbonyl (C=O) groups excluding carboxylic acids is 2. The van der Waals surface area contributed by atoms with E-state index in [2.05, 4.69) is 15.3 Å². The smallest absolute Gasteiger partial charge is 0.474 e. The number of ether oxygens (including phenoxy) is 4. The van der Waals surface area contributed by atoms with Crippen LogP contribution in [0.4, 0.5) is 9.18 Å². The number of hydrogen-bond donors (Lipinski definition) is 1. The van der Waals surface area contributed by atoms with Crippen molar-refractivity contribution in [2.24, 2.45) is 0 Å². The van der Waals surface area contributed by atoms with Crippen LogP contribution in [0.25, 0.3) is 0 Å². The van der Waals surface area contributed by atoms with Crippen molar-refractivity contribution in [2.45, 2.75) is 45.8 Å². The Morgan fingerprint density at radius 2 is 1.92 bits per heavy atom. The molecule has 2 heterocycles. The molecule has 0 saturated carbocycles. The molecule has 0 unspecified atom stereocenters. The molecule has 0 atom stereocenters. The predicted octanol–water partition coefficient (Wildman–Crippen LogP) is 3.41. The first-order chi connectivity index (χ1) is 17.3. The lowest BCUT2D eigenvalue weighted by molar-refractivity contribution is -0.151. The molecule has 1 aromatic carbocycles. The van der Waals surface area contributed by atoms with Crippen molar-refractivity contribution in [3.8, 4) is 17.5 Å². The van der Waals surface area contributed by atoms with E-state index in [1.807, 2.05) is 0 Å². The van der Waals surface area contributed by atoms with Crippen LogP contribution in [-0.2, 0) is 14.3 Å². The van der Waals surface area contributed by atoms with E-state index in [9.17, 15) is 14.0 Å². The van der Waals surface area contributed by atoms with E-state index in [-0.39, 0.29) is 29.4 Å². The number of halogens is 1. The molecule has 1 aliphatic rings. The Morgan fingerprint density at radius 1 is 1.19 bits per heavy atom. The van der Waals surface area contributed by atoms with E-state index in [0.29, 0.717) is 50.5 Å². The highest BCUT2D eigenvalue weighted by Crippen LogP contribution is 2.30. The highest BCUT2D eigenvalue weighted by molar-refractivity contribution is 5.94. The number of methoxy groups -OCH3 is 1. The molecule has 1 aromatic heterocycles. The van der Waals surface area contributed by atoms with Gasteiger partial charge in [0.1, 0.15) is 12.4 Å². The summed E-state index contributed by atoms with van der Waals surface area (Å²) in [6, 6.07) is 3.92. The summed E-state index contributed by atoms with van der Waals surface area (Å²) in [5, 5.41) is 4.17. The van der Waals surface area contributed by atoms with E-state index in [1.165, 1.54) is 30.6 Å². The van der Waals surface area contributed by atoms with Crippen LogP contribution in [0.1, 0.15) is 42.6 Å². The number of hydroxylamine groups is 2. The molecule has 0 aliphatic carbocycles. The lowest BCUT2D eigenvalue weighted by Gasteiger charge is -2.30.